The number of hydrogen-bond acceptors (Lipinski definition) is 3. The van der Waals surface area contributed by atoms with Crippen molar-refractivity contribution < 1.29 is 4.74 Å². The van der Waals surface area contributed by atoms with Crippen LogP contribution < -0.4 is 15.8 Å². The van der Waals surface area contributed by atoms with E-state index >= 15 is 0 Å². The van der Waals surface area contributed by atoms with E-state index in [1.807, 2.05) is 31.3 Å². The van der Waals surface area contributed by atoms with Crippen LogP contribution >= 0.6 is 0 Å². The highest BCUT2D eigenvalue weighted by molar-refractivity contribution is 5.28. The Kier molecular flexibility index (Phi) is 4.29. The molecule has 0 bridgehead atoms. The molecule has 1 aromatic carbocycles. The van der Waals surface area contributed by atoms with Crippen molar-refractivity contribution in [2.45, 2.75) is 6.54 Å². The van der Waals surface area contributed by atoms with Gasteiger partial charge in [-0.15, -0.1) is 0 Å². The molecule has 0 spiro atoms. The molecular weight excluding hydrogens is 164 g/mol. The van der Waals surface area contributed by atoms with Gasteiger partial charge in [-0.2, -0.15) is 0 Å². The molecule has 0 radical (unpaired) electrons. The van der Waals surface area contributed by atoms with Crippen molar-refractivity contribution in [3.8, 4) is 5.75 Å². The van der Waals surface area contributed by atoms with Crippen LogP contribution in [0.1, 0.15) is 5.56 Å². The number of rotatable bonds is 5. The van der Waals surface area contributed by atoms with E-state index in [1.165, 1.54) is 0 Å². The summed E-state index contributed by atoms with van der Waals surface area (Å²) in [6.07, 6.45) is 0. The minimum Gasteiger partial charge on any atom is -0.492 e. The third-order valence-electron chi connectivity index (χ3n) is 1.75. The lowest BCUT2D eigenvalue weighted by Gasteiger charge is -2.06. The molecule has 0 saturated heterocycles. The van der Waals surface area contributed by atoms with Gasteiger partial charge in [0, 0.05) is 13.1 Å². The standard InChI is InChI=1S/C10H16N2O/c1-12-5-6-13-10-4-2-3-9(7-10)8-11/h2-4,7,12H,5-6,8,11H2,1H3. The van der Waals surface area contributed by atoms with Gasteiger partial charge in [-0.3, -0.25) is 0 Å². The van der Waals surface area contributed by atoms with Crippen molar-refractivity contribution in [2.24, 2.45) is 5.73 Å². The SMILES string of the molecule is CNCCOc1cccc(CN)c1. The Morgan fingerprint density at radius 3 is 3.00 bits per heavy atom. The fourth-order valence-corrected chi connectivity index (χ4v) is 1.03. The third-order valence-corrected chi connectivity index (χ3v) is 1.75. The van der Waals surface area contributed by atoms with Gasteiger partial charge in [0.25, 0.3) is 0 Å². The molecular formula is C10H16N2O. The van der Waals surface area contributed by atoms with Crippen molar-refractivity contribution in [1.82, 2.24) is 5.32 Å². The number of hydrogen-bond donors (Lipinski definition) is 2. The summed E-state index contributed by atoms with van der Waals surface area (Å²) in [5, 5.41) is 3.02. The lowest BCUT2D eigenvalue weighted by Crippen LogP contribution is -2.16. The van der Waals surface area contributed by atoms with Gasteiger partial charge in [-0.25, -0.2) is 0 Å². The highest BCUT2D eigenvalue weighted by atomic mass is 16.5. The normalized spacial score (nSPS) is 10.0. The second-order valence-corrected chi connectivity index (χ2v) is 2.80. The fourth-order valence-electron chi connectivity index (χ4n) is 1.03. The molecule has 0 saturated carbocycles. The first-order chi connectivity index (χ1) is 6.36. The summed E-state index contributed by atoms with van der Waals surface area (Å²) in [7, 11) is 1.90. The molecule has 0 aromatic heterocycles. The minimum absolute atomic E-state index is 0.559. The quantitative estimate of drug-likeness (QED) is 0.657. The van der Waals surface area contributed by atoms with Gasteiger partial charge < -0.3 is 15.8 Å². The first-order valence-corrected chi connectivity index (χ1v) is 4.43. The molecule has 0 aliphatic rings. The van der Waals surface area contributed by atoms with E-state index in [1.54, 1.807) is 0 Å². The minimum atomic E-state index is 0.559. The van der Waals surface area contributed by atoms with Crippen molar-refractivity contribution in [1.29, 1.82) is 0 Å². The zero-order valence-corrected chi connectivity index (χ0v) is 7.92. The topological polar surface area (TPSA) is 47.3 Å². The van der Waals surface area contributed by atoms with Crippen LogP contribution in [-0.4, -0.2) is 20.2 Å². The smallest absolute Gasteiger partial charge is 0.119 e. The summed E-state index contributed by atoms with van der Waals surface area (Å²) in [6, 6.07) is 7.85. The largest absolute Gasteiger partial charge is 0.492 e. The lowest BCUT2D eigenvalue weighted by molar-refractivity contribution is 0.318. The molecule has 0 fully saturated rings. The predicted molar refractivity (Wildman–Crippen MR) is 53.8 cm³/mol. The highest BCUT2D eigenvalue weighted by Crippen LogP contribution is 2.12. The molecule has 0 atom stereocenters. The molecule has 13 heavy (non-hydrogen) atoms. The van der Waals surface area contributed by atoms with Crippen LogP contribution in [-0.2, 0) is 6.54 Å². The van der Waals surface area contributed by atoms with Crippen molar-refractivity contribution >= 4 is 0 Å². The average molecular weight is 180 g/mol. The van der Waals surface area contributed by atoms with Gasteiger partial charge >= 0.3 is 0 Å². The number of likely N-dealkylation sites (N-methyl/N-ethyl adjacent to an activating group) is 1. The lowest BCUT2D eigenvalue weighted by atomic mass is 10.2. The first-order valence-electron chi connectivity index (χ1n) is 4.43. The maximum Gasteiger partial charge on any atom is 0.119 e. The van der Waals surface area contributed by atoms with Crippen LogP contribution in [0.25, 0.3) is 0 Å². The molecule has 0 amide bonds. The Bertz CT molecular complexity index is 250. The molecule has 1 aromatic rings. The van der Waals surface area contributed by atoms with Crippen LogP contribution in [0.4, 0.5) is 0 Å². The summed E-state index contributed by atoms with van der Waals surface area (Å²) < 4.78 is 5.47. The average Bonchev–Trinajstić information content (AvgIpc) is 2.19. The zero-order chi connectivity index (χ0) is 9.52. The Morgan fingerprint density at radius 1 is 1.46 bits per heavy atom. The Hall–Kier alpha value is -1.06. The van der Waals surface area contributed by atoms with Crippen molar-refractivity contribution in [3.63, 3.8) is 0 Å². The second-order valence-electron chi connectivity index (χ2n) is 2.80. The molecule has 3 N–H and O–H groups in total. The number of nitrogens with two attached hydrogens (primary N) is 1. The van der Waals surface area contributed by atoms with Crippen LogP contribution in [0.15, 0.2) is 24.3 Å². The van der Waals surface area contributed by atoms with Crippen LogP contribution in [0, 0.1) is 0 Å². The summed E-state index contributed by atoms with van der Waals surface area (Å²) in [5.41, 5.74) is 6.60. The van der Waals surface area contributed by atoms with E-state index in [4.69, 9.17) is 10.5 Å². The molecule has 0 aliphatic carbocycles. The fraction of sp³-hybridized carbons (Fsp3) is 0.400. The van der Waals surface area contributed by atoms with Gasteiger partial charge in [0.1, 0.15) is 12.4 Å². The molecule has 1 rings (SSSR count). The molecule has 0 heterocycles. The van der Waals surface area contributed by atoms with E-state index in [-0.39, 0.29) is 0 Å². The monoisotopic (exact) mass is 180 g/mol. The molecule has 3 heteroatoms. The Labute approximate surface area is 78.9 Å². The molecule has 3 nitrogen and oxygen atoms in total. The van der Waals surface area contributed by atoms with Gasteiger partial charge in [0.2, 0.25) is 0 Å². The molecule has 72 valence electrons. The number of nitrogens with one attached hydrogen (secondary N) is 1. The highest BCUT2D eigenvalue weighted by Gasteiger charge is 1.94. The first kappa shape index (κ1) is 10.0. The van der Waals surface area contributed by atoms with E-state index in [9.17, 15) is 0 Å². The zero-order valence-electron chi connectivity index (χ0n) is 7.92. The van der Waals surface area contributed by atoms with E-state index in [0.29, 0.717) is 13.2 Å². The summed E-state index contributed by atoms with van der Waals surface area (Å²) in [4.78, 5) is 0. The molecule has 0 unspecified atom stereocenters. The number of benzene rings is 1. The van der Waals surface area contributed by atoms with Crippen molar-refractivity contribution in [3.05, 3.63) is 29.8 Å². The van der Waals surface area contributed by atoms with Crippen LogP contribution in [0.5, 0.6) is 5.75 Å². The third kappa shape index (κ3) is 3.44. The van der Waals surface area contributed by atoms with Crippen LogP contribution in [0.3, 0.4) is 0 Å². The second kappa shape index (κ2) is 5.56. The van der Waals surface area contributed by atoms with Gasteiger partial charge in [0.15, 0.2) is 0 Å². The van der Waals surface area contributed by atoms with E-state index < -0.39 is 0 Å². The maximum absolute atomic E-state index is 5.51. The van der Waals surface area contributed by atoms with Gasteiger partial charge in [0.05, 0.1) is 0 Å². The predicted octanol–water partition coefficient (Wildman–Crippen LogP) is 0.743. The summed E-state index contributed by atoms with van der Waals surface area (Å²) in [5.74, 6) is 0.887. The Balaban J connectivity index is 2.46. The van der Waals surface area contributed by atoms with E-state index in [0.717, 1.165) is 17.9 Å². The van der Waals surface area contributed by atoms with Gasteiger partial charge in [-0.05, 0) is 24.7 Å². The van der Waals surface area contributed by atoms with Crippen molar-refractivity contribution in [2.75, 3.05) is 20.2 Å². The Morgan fingerprint density at radius 2 is 2.31 bits per heavy atom. The maximum atomic E-state index is 5.51. The molecule has 0 aliphatic heterocycles. The summed E-state index contributed by atoms with van der Waals surface area (Å²) in [6.45, 7) is 2.10. The number of ether oxygens (including phenoxy) is 1. The van der Waals surface area contributed by atoms with Gasteiger partial charge in [-0.1, -0.05) is 12.1 Å². The van der Waals surface area contributed by atoms with Crippen LogP contribution in [0.2, 0.25) is 0 Å². The summed E-state index contributed by atoms with van der Waals surface area (Å²) >= 11 is 0. The van der Waals surface area contributed by atoms with E-state index in [2.05, 4.69) is 5.32 Å².